The molecule has 1 aromatic rings. The molecule has 1 aliphatic heterocycles. The van der Waals surface area contributed by atoms with Crippen LogP contribution in [0.3, 0.4) is 0 Å². The van der Waals surface area contributed by atoms with Crippen LogP contribution in [0.5, 0.6) is 0 Å². The van der Waals surface area contributed by atoms with Crippen molar-refractivity contribution >= 4 is 11.6 Å². The zero-order valence-corrected chi connectivity index (χ0v) is 14.6. The van der Waals surface area contributed by atoms with Gasteiger partial charge < -0.3 is 10.1 Å². The van der Waals surface area contributed by atoms with Crippen molar-refractivity contribution in [2.24, 2.45) is 5.92 Å². The first-order chi connectivity index (χ1) is 9.75. The minimum Gasteiger partial charge on any atom is -0.369 e. The molecule has 2 rings (SSSR count). The van der Waals surface area contributed by atoms with Gasteiger partial charge in [0.1, 0.15) is 0 Å². The van der Waals surface area contributed by atoms with Crippen molar-refractivity contribution in [3.63, 3.8) is 0 Å². The van der Waals surface area contributed by atoms with Gasteiger partial charge in [0.2, 0.25) is 0 Å². The number of hydrogen-bond donors (Lipinski definition) is 1. The summed E-state index contributed by atoms with van der Waals surface area (Å²) in [5.41, 5.74) is 1.11. The Labute approximate surface area is 134 Å². The quantitative estimate of drug-likeness (QED) is 0.828. The predicted octanol–water partition coefficient (Wildman–Crippen LogP) is 4.97. The summed E-state index contributed by atoms with van der Waals surface area (Å²) in [4.78, 5) is 0. The van der Waals surface area contributed by atoms with Gasteiger partial charge >= 0.3 is 0 Å². The molecule has 118 valence electrons. The van der Waals surface area contributed by atoms with Crippen molar-refractivity contribution in [1.82, 2.24) is 5.32 Å². The minimum atomic E-state index is -0.130. The minimum absolute atomic E-state index is 0.0628. The molecule has 2 atom stereocenters. The third-order valence-corrected chi connectivity index (χ3v) is 4.64. The highest BCUT2D eigenvalue weighted by Crippen LogP contribution is 2.47. The highest BCUT2D eigenvalue weighted by Gasteiger charge is 2.49. The highest BCUT2D eigenvalue weighted by atomic mass is 35.5. The van der Waals surface area contributed by atoms with Crippen molar-refractivity contribution < 1.29 is 4.74 Å². The molecule has 1 aromatic carbocycles. The van der Waals surface area contributed by atoms with E-state index in [9.17, 15) is 0 Å². The first-order valence-corrected chi connectivity index (χ1v) is 8.32. The summed E-state index contributed by atoms with van der Waals surface area (Å²) in [5, 5.41) is 4.50. The van der Waals surface area contributed by atoms with Gasteiger partial charge in [-0.1, -0.05) is 30.7 Å². The smallest absolute Gasteiger partial charge is 0.0681 e. The fourth-order valence-electron chi connectivity index (χ4n) is 3.59. The van der Waals surface area contributed by atoms with Gasteiger partial charge in [0, 0.05) is 17.0 Å². The molecule has 1 N–H and O–H groups in total. The molecule has 2 unspecified atom stereocenters. The van der Waals surface area contributed by atoms with Crippen molar-refractivity contribution in [1.29, 1.82) is 0 Å². The van der Waals surface area contributed by atoms with Crippen LogP contribution >= 0.6 is 11.6 Å². The summed E-state index contributed by atoms with van der Waals surface area (Å²) in [7, 11) is 0. The van der Waals surface area contributed by atoms with Gasteiger partial charge in [-0.3, -0.25) is 0 Å². The average Bonchev–Trinajstić information content (AvgIpc) is 2.60. The number of nitrogens with one attached hydrogen (secondary N) is 1. The number of halogens is 1. The van der Waals surface area contributed by atoms with Crippen molar-refractivity contribution in [3.8, 4) is 0 Å². The molecule has 0 bridgehead atoms. The van der Waals surface area contributed by atoms with E-state index in [1.54, 1.807) is 0 Å². The SMILES string of the molecule is CCCNC(c1ccc(Cl)cc1)C1CC(C)(C)OC1(C)C. The topological polar surface area (TPSA) is 21.3 Å². The van der Waals surface area contributed by atoms with E-state index in [1.165, 1.54) is 5.56 Å². The molecule has 21 heavy (non-hydrogen) atoms. The lowest BCUT2D eigenvalue weighted by Gasteiger charge is -2.34. The lowest BCUT2D eigenvalue weighted by atomic mass is 9.79. The second-order valence-electron chi connectivity index (χ2n) is 7.26. The molecule has 1 fully saturated rings. The summed E-state index contributed by atoms with van der Waals surface area (Å²) in [6, 6.07) is 8.53. The van der Waals surface area contributed by atoms with Crippen LogP contribution in [0, 0.1) is 5.92 Å². The molecule has 2 nitrogen and oxygen atoms in total. The van der Waals surface area contributed by atoms with Crippen LogP contribution in [0.2, 0.25) is 5.02 Å². The Hall–Kier alpha value is -0.570. The predicted molar refractivity (Wildman–Crippen MR) is 89.8 cm³/mol. The molecule has 1 saturated heterocycles. The molecule has 0 saturated carbocycles. The van der Waals surface area contributed by atoms with Crippen LogP contribution < -0.4 is 5.32 Å². The standard InChI is InChI=1S/C18H28ClNO/c1-6-11-20-16(13-7-9-14(19)10-8-13)15-12-17(2,3)21-18(15,4)5/h7-10,15-16,20H,6,11-12H2,1-5H3. The number of rotatable bonds is 5. The fourth-order valence-corrected chi connectivity index (χ4v) is 3.71. The van der Waals surface area contributed by atoms with E-state index in [0.717, 1.165) is 24.4 Å². The summed E-state index contributed by atoms with van der Waals surface area (Å²) in [6.07, 6.45) is 2.19. The van der Waals surface area contributed by atoms with Gasteiger partial charge in [0.05, 0.1) is 11.2 Å². The van der Waals surface area contributed by atoms with Gasteiger partial charge in [-0.2, -0.15) is 0 Å². The monoisotopic (exact) mass is 309 g/mol. The number of ether oxygens (including phenoxy) is 1. The highest BCUT2D eigenvalue weighted by molar-refractivity contribution is 6.30. The fraction of sp³-hybridized carbons (Fsp3) is 0.667. The molecular formula is C18H28ClNO. The molecule has 0 aromatic heterocycles. The first kappa shape index (κ1) is 16.8. The Balaban J connectivity index is 2.29. The molecule has 1 aliphatic rings. The van der Waals surface area contributed by atoms with E-state index in [1.807, 2.05) is 12.1 Å². The summed E-state index contributed by atoms with van der Waals surface area (Å²) in [6.45, 7) is 12.0. The summed E-state index contributed by atoms with van der Waals surface area (Å²) >= 11 is 6.04. The zero-order valence-electron chi connectivity index (χ0n) is 13.9. The lowest BCUT2D eigenvalue weighted by Crippen LogP contribution is -2.38. The van der Waals surface area contributed by atoms with Crippen LogP contribution in [0.25, 0.3) is 0 Å². The van der Waals surface area contributed by atoms with Gasteiger partial charge in [-0.25, -0.2) is 0 Å². The molecule has 0 spiro atoms. The summed E-state index contributed by atoms with van der Waals surface area (Å²) < 4.78 is 6.29. The van der Waals surface area contributed by atoms with Crippen LogP contribution in [0.15, 0.2) is 24.3 Å². The maximum atomic E-state index is 6.29. The molecule has 0 aliphatic carbocycles. The van der Waals surface area contributed by atoms with Crippen molar-refractivity contribution in [2.45, 2.75) is 64.7 Å². The van der Waals surface area contributed by atoms with Gasteiger partial charge in [0.25, 0.3) is 0 Å². The van der Waals surface area contributed by atoms with E-state index < -0.39 is 0 Å². The van der Waals surface area contributed by atoms with E-state index in [0.29, 0.717) is 12.0 Å². The number of benzene rings is 1. The normalized spacial score (nSPS) is 25.0. The van der Waals surface area contributed by atoms with Crippen LogP contribution in [0.1, 0.15) is 59.1 Å². The van der Waals surface area contributed by atoms with E-state index in [4.69, 9.17) is 16.3 Å². The van der Waals surface area contributed by atoms with Gasteiger partial charge in [0.15, 0.2) is 0 Å². The Morgan fingerprint density at radius 3 is 2.33 bits per heavy atom. The Bertz CT molecular complexity index is 467. The van der Waals surface area contributed by atoms with Gasteiger partial charge in [-0.05, 0) is 64.8 Å². The molecule has 3 heteroatoms. The maximum Gasteiger partial charge on any atom is 0.0681 e. The zero-order chi connectivity index (χ0) is 15.7. The van der Waals surface area contributed by atoms with Crippen LogP contribution in [-0.2, 0) is 4.74 Å². The Kier molecular flexibility index (Phi) is 5.02. The first-order valence-electron chi connectivity index (χ1n) is 7.94. The molecular weight excluding hydrogens is 282 g/mol. The number of hydrogen-bond acceptors (Lipinski definition) is 2. The maximum absolute atomic E-state index is 6.29. The van der Waals surface area contributed by atoms with Gasteiger partial charge in [-0.15, -0.1) is 0 Å². The van der Waals surface area contributed by atoms with Crippen LogP contribution in [-0.4, -0.2) is 17.7 Å². The summed E-state index contributed by atoms with van der Waals surface area (Å²) in [5.74, 6) is 0.445. The largest absolute Gasteiger partial charge is 0.369 e. The average molecular weight is 310 g/mol. The van der Waals surface area contributed by atoms with E-state index in [2.05, 4.69) is 52.1 Å². The Morgan fingerprint density at radius 2 is 1.86 bits per heavy atom. The Morgan fingerprint density at radius 1 is 1.24 bits per heavy atom. The third-order valence-electron chi connectivity index (χ3n) is 4.39. The molecule has 0 amide bonds. The van der Waals surface area contributed by atoms with E-state index in [-0.39, 0.29) is 11.2 Å². The third kappa shape index (κ3) is 4.00. The second-order valence-corrected chi connectivity index (χ2v) is 7.70. The van der Waals surface area contributed by atoms with E-state index >= 15 is 0 Å². The van der Waals surface area contributed by atoms with Crippen LogP contribution in [0.4, 0.5) is 0 Å². The van der Waals surface area contributed by atoms with Crippen molar-refractivity contribution in [3.05, 3.63) is 34.9 Å². The molecule has 0 radical (unpaired) electrons. The lowest BCUT2D eigenvalue weighted by molar-refractivity contribution is -0.0778. The van der Waals surface area contributed by atoms with Crippen molar-refractivity contribution in [2.75, 3.05) is 6.54 Å². The second kappa shape index (κ2) is 6.28. The molecule has 1 heterocycles.